The number of primary amides is 1. The van der Waals surface area contributed by atoms with E-state index in [0.29, 0.717) is 19.5 Å². The van der Waals surface area contributed by atoms with Crippen LogP contribution in [-0.4, -0.2) is 19.0 Å². The predicted octanol–water partition coefficient (Wildman–Crippen LogP) is 0.204. The van der Waals surface area contributed by atoms with Crippen LogP contribution in [0.15, 0.2) is 11.6 Å². The lowest BCUT2D eigenvalue weighted by Crippen LogP contribution is -2.21. The molecule has 10 heavy (non-hydrogen) atoms. The molecule has 4 heteroatoms. The summed E-state index contributed by atoms with van der Waals surface area (Å²) in [4.78, 5) is 10.2. The van der Waals surface area contributed by atoms with Gasteiger partial charge in [-0.2, -0.15) is 0 Å². The van der Waals surface area contributed by atoms with Crippen LogP contribution in [0.1, 0.15) is 6.42 Å². The van der Waals surface area contributed by atoms with Gasteiger partial charge in [-0.05, 0) is 0 Å². The van der Waals surface area contributed by atoms with Crippen molar-refractivity contribution >= 4 is 17.5 Å². The van der Waals surface area contributed by atoms with Crippen LogP contribution in [0, 0.1) is 0 Å². The van der Waals surface area contributed by atoms with E-state index in [9.17, 15) is 4.79 Å². The van der Waals surface area contributed by atoms with Gasteiger partial charge in [0, 0.05) is 25.0 Å². The monoisotopic (exact) mass is 162 g/mol. The van der Waals surface area contributed by atoms with E-state index >= 15 is 0 Å². The SMILES string of the molecule is NC(=O)CCNC/C=C/Cl. The summed E-state index contributed by atoms with van der Waals surface area (Å²) in [6, 6.07) is 0. The molecule has 0 aromatic rings. The summed E-state index contributed by atoms with van der Waals surface area (Å²) in [6.45, 7) is 1.29. The number of amides is 1. The van der Waals surface area contributed by atoms with Gasteiger partial charge in [0.2, 0.25) is 5.91 Å². The van der Waals surface area contributed by atoms with E-state index in [1.165, 1.54) is 5.54 Å². The third-order valence-electron chi connectivity index (χ3n) is 0.899. The number of halogens is 1. The third kappa shape index (κ3) is 7.46. The highest BCUT2D eigenvalue weighted by molar-refractivity contribution is 6.25. The zero-order valence-electron chi connectivity index (χ0n) is 5.64. The number of rotatable bonds is 5. The molecule has 3 N–H and O–H groups in total. The van der Waals surface area contributed by atoms with Crippen molar-refractivity contribution in [1.82, 2.24) is 5.32 Å². The molecule has 58 valence electrons. The molecule has 0 heterocycles. The second-order valence-corrected chi connectivity index (χ2v) is 2.03. The Kier molecular flexibility index (Phi) is 6.22. The lowest BCUT2D eigenvalue weighted by Gasteiger charge is -1.96. The van der Waals surface area contributed by atoms with Crippen molar-refractivity contribution in [2.75, 3.05) is 13.1 Å². The van der Waals surface area contributed by atoms with E-state index in [0.717, 1.165) is 0 Å². The maximum atomic E-state index is 10.2. The van der Waals surface area contributed by atoms with Crippen molar-refractivity contribution in [3.05, 3.63) is 11.6 Å². The summed E-state index contributed by atoms with van der Waals surface area (Å²) < 4.78 is 0. The molecule has 0 saturated carbocycles. The first kappa shape index (κ1) is 9.46. The fourth-order valence-corrected chi connectivity index (χ4v) is 0.531. The lowest BCUT2D eigenvalue weighted by atomic mass is 10.4. The van der Waals surface area contributed by atoms with Gasteiger partial charge in [0.1, 0.15) is 0 Å². The van der Waals surface area contributed by atoms with Crippen molar-refractivity contribution < 1.29 is 4.79 Å². The first-order valence-electron chi connectivity index (χ1n) is 3.01. The van der Waals surface area contributed by atoms with E-state index in [4.69, 9.17) is 17.3 Å². The molecule has 0 unspecified atom stereocenters. The van der Waals surface area contributed by atoms with Gasteiger partial charge in [-0.25, -0.2) is 0 Å². The molecule has 1 amide bonds. The highest BCUT2D eigenvalue weighted by atomic mass is 35.5. The topological polar surface area (TPSA) is 55.1 Å². The zero-order chi connectivity index (χ0) is 7.82. The largest absolute Gasteiger partial charge is 0.370 e. The first-order valence-corrected chi connectivity index (χ1v) is 3.45. The Morgan fingerprint density at radius 2 is 2.40 bits per heavy atom. The molecule has 0 radical (unpaired) electrons. The van der Waals surface area contributed by atoms with Gasteiger partial charge in [0.15, 0.2) is 0 Å². The van der Waals surface area contributed by atoms with Gasteiger partial charge in [-0.15, -0.1) is 0 Å². The minimum Gasteiger partial charge on any atom is -0.370 e. The molecule has 3 nitrogen and oxygen atoms in total. The summed E-state index contributed by atoms with van der Waals surface area (Å²) in [5, 5.41) is 2.95. The average Bonchev–Trinajstić information content (AvgIpc) is 1.87. The molecule has 0 aliphatic heterocycles. The first-order chi connectivity index (χ1) is 4.77. The number of nitrogens with two attached hydrogens (primary N) is 1. The molecule has 0 saturated heterocycles. The number of hydrogen-bond donors (Lipinski definition) is 2. The van der Waals surface area contributed by atoms with Crippen LogP contribution in [0.4, 0.5) is 0 Å². The quantitative estimate of drug-likeness (QED) is 0.568. The lowest BCUT2D eigenvalue weighted by molar-refractivity contribution is -0.117. The van der Waals surface area contributed by atoms with Crippen LogP contribution in [0.25, 0.3) is 0 Å². The number of carbonyl (C=O) groups is 1. The molecule has 0 rings (SSSR count). The number of hydrogen-bond acceptors (Lipinski definition) is 2. The number of carbonyl (C=O) groups excluding carboxylic acids is 1. The maximum Gasteiger partial charge on any atom is 0.218 e. The fourth-order valence-electron chi connectivity index (χ4n) is 0.442. The second-order valence-electron chi connectivity index (χ2n) is 1.78. The third-order valence-corrected chi connectivity index (χ3v) is 1.08. The van der Waals surface area contributed by atoms with Crippen LogP contribution in [0.5, 0.6) is 0 Å². The summed E-state index contributed by atoms with van der Waals surface area (Å²) in [7, 11) is 0. The van der Waals surface area contributed by atoms with E-state index in [-0.39, 0.29) is 5.91 Å². The van der Waals surface area contributed by atoms with Crippen LogP contribution < -0.4 is 11.1 Å². The van der Waals surface area contributed by atoms with Crippen molar-refractivity contribution in [2.45, 2.75) is 6.42 Å². The van der Waals surface area contributed by atoms with Crippen LogP contribution in [-0.2, 0) is 4.79 Å². The normalized spacial score (nSPS) is 10.5. The maximum absolute atomic E-state index is 10.2. The summed E-state index contributed by atoms with van der Waals surface area (Å²) in [6.07, 6.45) is 2.12. The molecule has 0 spiro atoms. The minimum atomic E-state index is -0.289. The molecule has 0 bridgehead atoms. The molecule has 0 aliphatic rings. The van der Waals surface area contributed by atoms with Crippen molar-refractivity contribution in [3.8, 4) is 0 Å². The Bertz CT molecular complexity index is 125. The van der Waals surface area contributed by atoms with E-state index in [2.05, 4.69) is 5.32 Å². The minimum absolute atomic E-state index is 0.289. The Morgan fingerprint density at radius 1 is 1.70 bits per heavy atom. The van der Waals surface area contributed by atoms with E-state index < -0.39 is 0 Å². The summed E-state index contributed by atoms with van der Waals surface area (Å²) in [5.74, 6) is -0.289. The van der Waals surface area contributed by atoms with Gasteiger partial charge < -0.3 is 11.1 Å². The molecular formula is C6H11ClN2O. The van der Waals surface area contributed by atoms with Crippen LogP contribution in [0.2, 0.25) is 0 Å². The molecule has 0 fully saturated rings. The van der Waals surface area contributed by atoms with Crippen LogP contribution in [0.3, 0.4) is 0 Å². The van der Waals surface area contributed by atoms with Gasteiger partial charge in [-0.3, -0.25) is 4.79 Å². The van der Waals surface area contributed by atoms with Gasteiger partial charge in [-0.1, -0.05) is 17.7 Å². The second kappa shape index (κ2) is 6.58. The molecule has 0 aliphatic carbocycles. The predicted molar refractivity (Wildman–Crippen MR) is 41.7 cm³/mol. The fraction of sp³-hybridized carbons (Fsp3) is 0.500. The van der Waals surface area contributed by atoms with Crippen molar-refractivity contribution in [1.29, 1.82) is 0 Å². The Hall–Kier alpha value is -0.540. The molecule has 0 aromatic carbocycles. The molecular weight excluding hydrogens is 152 g/mol. The van der Waals surface area contributed by atoms with Crippen molar-refractivity contribution in [3.63, 3.8) is 0 Å². The van der Waals surface area contributed by atoms with Crippen LogP contribution >= 0.6 is 11.6 Å². The number of nitrogens with one attached hydrogen (secondary N) is 1. The van der Waals surface area contributed by atoms with Gasteiger partial charge in [0.25, 0.3) is 0 Å². The van der Waals surface area contributed by atoms with Gasteiger partial charge >= 0.3 is 0 Å². The Balaban J connectivity index is 2.98. The highest BCUT2D eigenvalue weighted by Gasteiger charge is 1.90. The Labute approximate surface area is 65.2 Å². The van der Waals surface area contributed by atoms with E-state index in [1.807, 2.05) is 0 Å². The smallest absolute Gasteiger partial charge is 0.218 e. The van der Waals surface area contributed by atoms with E-state index in [1.54, 1.807) is 6.08 Å². The highest BCUT2D eigenvalue weighted by Crippen LogP contribution is 1.76. The standard InChI is InChI=1S/C6H11ClN2O/c7-3-1-4-9-5-2-6(8)10/h1,3,9H,2,4-5H2,(H2,8,10)/b3-1+. The summed E-state index contributed by atoms with van der Waals surface area (Å²) >= 11 is 5.23. The zero-order valence-corrected chi connectivity index (χ0v) is 6.40. The Morgan fingerprint density at radius 3 is 2.90 bits per heavy atom. The van der Waals surface area contributed by atoms with Crippen molar-refractivity contribution in [2.24, 2.45) is 5.73 Å². The molecule has 0 atom stereocenters. The summed E-state index contributed by atoms with van der Waals surface area (Å²) in [5.41, 5.74) is 6.31. The average molecular weight is 163 g/mol. The molecule has 0 aromatic heterocycles. The van der Waals surface area contributed by atoms with Gasteiger partial charge in [0.05, 0.1) is 0 Å².